The number of para-hydroxylation sites is 2. The van der Waals surface area contributed by atoms with Crippen LogP contribution in [0.5, 0.6) is 0 Å². The molecule has 1 aliphatic rings. The largest absolute Gasteiger partial charge is 0.370 e. The van der Waals surface area contributed by atoms with Gasteiger partial charge in [-0.25, -0.2) is 9.18 Å². The Morgan fingerprint density at radius 2 is 1.73 bits per heavy atom. The molecule has 1 fully saturated rings. The van der Waals surface area contributed by atoms with Gasteiger partial charge < -0.3 is 15.1 Å². The highest BCUT2D eigenvalue weighted by Gasteiger charge is 2.22. The molecular weight excluding hydrogens is 329 g/mol. The molecular formula is C21H26FN3O. The maximum absolute atomic E-state index is 14.0. The monoisotopic (exact) mass is 355 g/mol. The molecule has 0 spiro atoms. The van der Waals surface area contributed by atoms with Gasteiger partial charge in [0.2, 0.25) is 0 Å². The van der Waals surface area contributed by atoms with Gasteiger partial charge in [0.1, 0.15) is 5.82 Å². The molecule has 2 amide bonds. The third kappa shape index (κ3) is 3.98. The van der Waals surface area contributed by atoms with Crippen LogP contribution in [0.3, 0.4) is 0 Å². The molecule has 1 saturated heterocycles. The minimum absolute atomic E-state index is 0.245. The van der Waals surface area contributed by atoms with Crippen LogP contribution in [0, 0.1) is 5.82 Å². The van der Waals surface area contributed by atoms with Crippen molar-refractivity contribution in [2.24, 2.45) is 0 Å². The average Bonchev–Trinajstić information content (AvgIpc) is 2.68. The van der Waals surface area contributed by atoms with E-state index in [0.29, 0.717) is 5.56 Å². The number of hydrogen-bond acceptors (Lipinski definition) is 2. The molecule has 138 valence electrons. The van der Waals surface area contributed by atoms with Gasteiger partial charge in [0.15, 0.2) is 0 Å². The molecule has 1 heterocycles. The molecule has 2 aromatic carbocycles. The number of amides is 2. The number of piperidine rings is 1. The number of nitrogens with zero attached hydrogens (tertiary/aromatic N) is 2. The first-order valence-electron chi connectivity index (χ1n) is 9.20. The number of carbonyl (C=O) groups is 1. The maximum Gasteiger partial charge on any atom is 0.322 e. The highest BCUT2D eigenvalue weighted by Crippen LogP contribution is 2.29. The normalized spacial score (nSPS) is 15.4. The second kappa shape index (κ2) is 8.21. The van der Waals surface area contributed by atoms with Gasteiger partial charge in [0.25, 0.3) is 0 Å². The molecule has 0 saturated carbocycles. The van der Waals surface area contributed by atoms with Gasteiger partial charge >= 0.3 is 6.03 Å². The Hall–Kier alpha value is -2.56. The van der Waals surface area contributed by atoms with Gasteiger partial charge in [-0.05, 0) is 44.4 Å². The molecule has 4 nitrogen and oxygen atoms in total. The third-order valence-corrected chi connectivity index (χ3v) is 5.10. The number of urea groups is 1. The SMILES string of the molecule is CC(c1ccccc1F)N(C)C(=O)Nc1ccccc1N1CCCCC1. The lowest BCUT2D eigenvalue weighted by atomic mass is 10.1. The predicted octanol–water partition coefficient (Wildman–Crippen LogP) is 5.04. The van der Waals surface area contributed by atoms with Crippen LogP contribution < -0.4 is 10.2 Å². The fourth-order valence-corrected chi connectivity index (χ4v) is 3.39. The Morgan fingerprint density at radius 3 is 2.46 bits per heavy atom. The molecule has 5 heteroatoms. The fraction of sp³-hybridized carbons (Fsp3) is 0.381. The number of anilines is 2. The summed E-state index contributed by atoms with van der Waals surface area (Å²) in [6, 6.07) is 13.8. The van der Waals surface area contributed by atoms with Crippen molar-refractivity contribution in [3.8, 4) is 0 Å². The molecule has 0 aliphatic carbocycles. The first-order valence-corrected chi connectivity index (χ1v) is 9.20. The Balaban J connectivity index is 1.74. The molecule has 0 bridgehead atoms. The lowest BCUT2D eigenvalue weighted by Crippen LogP contribution is -2.35. The van der Waals surface area contributed by atoms with Crippen molar-refractivity contribution in [3.05, 3.63) is 59.9 Å². The lowest BCUT2D eigenvalue weighted by Gasteiger charge is -2.31. The van der Waals surface area contributed by atoms with Crippen LogP contribution in [0.2, 0.25) is 0 Å². The summed E-state index contributed by atoms with van der Waals surface area (Å²) in [6.07, 6.45) is 3.60. The van der Waals surface area contributed by atoms with Crippen molar-refractivity contribution in [2.45, 2.75) is 32.2 Å². The average molecular weight is 355 g/mol. The molecule has 0 aromatic heterocycles. The quantitative estimate of drug-likeness (QED) is 0.834. The van der Waals surface area contributed by atoms with E-state index in [-0.39, 0.29) is 17.9 Å². The van der Waals surface area contributed by atoms with Crippen molar-refractivity contribution in [2.75, 3.05) is 30.4 Å². The molecule has 1 N–H and O–H groups in total. The van der Waals surface area contributed by atoms with E-state index < -0.39 is 0 Å². The van der Waals surface area contributed by atoms with Crippen LogP contribution in [0.4, 0.5) is 20.6 Å². The summed E-state index contributed by atoms with van der Waals surface area (Å²) >= 11 is 0. The van der Waals surface area contributed by atoms with Crippen molar-refractivity contribution in [1.82, 2.24) is 4.90 Å². The van der Waals surface area contributed by atoms with Crippen LogP contribution >= 0.6 is 0 Å². The van der Waals surface area contributed by atoms with Crippen LogP contribution in [0.15, 0.2) is 48.5 Å². The zero-order valence-electron chi connectivity index (χ0n) is 15.4. The molecule has 1 aliphatic heterocycles. The van der Waals surface area contributed by atoms with E-state index in [1.54, 1.807) is 25.2 Å². The van der Waals surface area contributed by atoms with E-state index in [1.807, 2.05) is 31.2 Å². The molecule has 26 heavy (non-hydrogen) atoms. The highest BCUT2D eigenvalue weighted by molar-refractivity contribution is 5.93. The van der Waals surface area contributed by atoms with E-state index in [0.717, 1.165) is 24.5 Å². The van der Waals surface area contributed by atoms with E-state index in [2.05, 4.69) is 10.2 Å². The Bertz CT molecular complexity index is 758. The van der Waals surface area contributed by atoms with Crippen LogP contribution in [-0.2, 0) is 0 Å². The molecule has 0 radical (unpaired) electrons. The Kier molecular flexibility index (Phi) is 5.76. The lowest BCUT2D eigenvalue weighted by molar-refractivity contribution is 0.207. The predicted molar refractivity (Wildman–Crippen MR) is 104 cm³/mol. The Morgan fingerprint density at radius 1 is 1.08 bits per heavy atom. The first-order chi connectivity index (χ1) is 12.6. The third-order valence-electron chi connectivity index (χ3n) is 5.10. The molecule has 1 atom stereocenters. The molecule has 3 rings (SSSR count). The van der Waals surface area contributed by atoms with E-state index in [1.165, 1.54) is 30.2 Å². The van der Waals surface area contributed by atoms with E-state index in [9.17, 15) is 9.18 Å². The van der Waals surface area contributed by atoms with Crippen LogP contribution in [0.1, 0.15) is 37.8 Å². The van der Waals surface area contributed by atoms with Crippen molar-refractivity contribution in [1.29, 1.82) is 0 Å². The van der Waals surface area contributed by atoms with Gasteiger partial charge in [0, 0.05) is 25.7 Å². The zero-order chi connectivity index (χ0) is 18.5. The zero-order valence-corrected chi connectivity index (χ0v) is 15.4. The highest BCUT2D eigenvalue weighted by atomic mass is 19.1. The summed E-state index contributed by atoms with van der Waals surface area (Å²) in [6.45, 7) is 3.84. The summed E-state index contributed by atoms with van der Waals surface area (Å²) in [7, 11) is 1.69. The second-order valence-electron chi connectivity index (χ2n) is 6.80. The molecule has 2 aromatic rings. The summed E-state index contributed by atoms with van der Waals surface area (Å²) in [5.74, 6) is -0.298. The number of benzene rings is 2. The maximum atomic E-state index is 14.0. The number of hydrogen-bond donors (Lipinski definition) is 1. The minimum atomic E-state index is -0.363. The summed E-state index contributed by atoms with van der Waals surface area (Å²) in [5.41, 5.74) is 2.36. The van der Waals surface area contributed by atoms with Gasteiger partial charge in [-0.3, -0.25) is 0 Å². The van der Waals surface area contributed by atoms with Gasteiger partial charge in [0.05, 0.1) is 17.4 Å². The van der Waals surface area contributed by atoms with Gasteiger partial charge in [-0.2, -0.15) is 0 Å². The summed E-state index contributed by atoms with van der Waals surface area (Å²) in [4.78, 5) is 16.6. The number of carbonyl (C=O) groups excluding carboxylic acids is 1. The van der Waals surface area contributed by atoms with Crippen LogP contribution in [-0.4, -0.2) is 31.1 Å². The fourth-order valence-electron chi connectivity index (χ4n) is 3.39. The number of rotatable bonds is 4. The summed E-state index contributed by atoms with van der Waals surface area (Å²) in [5, 5.41) is 3.00. The van der Waals surface area contributed by atoms with Gasteiger partial charge in [-0.1, -0.05) is 30.3 Å². The van der Waals surface area contributed by atoms with Crippen molar-refractivity contribution < 1.29 is 9.18 Å². The van der Waals surface area contributed by atoms with Crippen molar-refractivity contribution >= 4 is 17.4 Å². The topological polar surface area (TPSA) is 35.6 Å². The molecule has 1 unspecified atom stereocenters. The van der Waals surface area contributed by atoms with Gasteiger partial charge in [-0.15, -0.1) is 0 Å². The smallest absolute Gasteiger partial charge is 0.322 e. The van der Waals surface area contributed by atoms with E-state index >= 15 is 0 Å². The Labute approximate surface area is 154 Å². The van der Waals surface area contributed by atoms with E-state index in [4.69, 9.17) is 0 Å². The number of halogens is 1. The second-order valence-corrected chi connectivity index (χ2v) is 6.80. The van der Waals surface area contributed by atoms with Crippen molar-refractivity contribution in [3.63, 3.8) is 0 Å². The number of nitrogens with one attached hydrogen (secondary N) is 1. The minimum Gasteiger partial charge on any atom is -0.370 e. The summed E-state index contributed by atoms with van der Waals surface area (Å²) < 4.78 is 14.0. The standard InChI is InChI=1S/C21H26FN3O/c1-16(17-10-4-5-11-18(17)22)24(2)21(26)23-19-12-6-7-13-20(19)25-14-8-3-9-15-25/h4-7,10-13,16H,3,8-9,14-15H2,1-2H3,(H,23,26). The first kappa shape index (κ1) is 18.2. The van der Waals surface area contributed by atoms with Crippen LogP contribution in [0.25, 0.3) is 0 Å².